The summed E-state index contributed by atoms with van der Waals surface area (Å²) in [6, 6.07) is 13.5. The molecule has 2 heterocycles. The zero-order valence-corrected chi connectivity index (χ0v) is 19.9. The highest BCUT2D eigenvalue weighted by molar-refractivity contribution is 6.10. The number of aryl methyl sites for hydroxylation is 3. The standard InChI is InChI=1S/C27H34N4O/c1-6-13-31(17-19(3)16-23-20(4)14-18(2)15-21(23)5)25-11-7-10-24(30-25)26(32)22-9-8-12-29-27(22)28/h7-12,14-15,19H,6,13,16-17H2,1-5H3,(H2,28,29). The molecule has 3 rings (SSSR count). The van der Waals surface area contributed by atoms with Crippen molar-refractivity contribution >= 4 is 17.4 Å². The predicted molar refractivity (Wildman–Crippen MR) is 132 cm³/mol. The Morgan fingerprint density at radius 1 is 1.09 bits per heavy atom. The second-order valence-corrected chi connectivity index (χ2v) is 8.78. The van der Waals surface area contributed by atoms with E-state index >= 15 is 0 Å². The van der Waals surface area contributed by atoms with Gasteiger partial charge in [0.25, 0.3) is 0 Å². The maximum absolute atomic E-state index is 13.0. The van der Waals surface area contributed by atoms with E-state index in [1.54, 1.807) is 24.4 Å². The van der Waals surface area contributed by atoms with Gasteiger partial charge >= 0.3 is 0 Å². The van der Waals surface area contributed by atoms with Gasteiger partial charge < -0.3 is 10.6 Å². The van der Waals surface area contributed by atoms with E-state index in [1.165, 1.54) is 22.3 Å². The Hall–Kier alpha value is -3.21. The number of pyridine rings is 2. The molecule has 2 aromatic heterocycles. The summed E-state index contributed by atoms with van der Waals surface area (Å²) in [5.74, 6) is 1.29. The summed E-state index contributed by atoms with van der Waals surface area (Å²) in [6.07, 6.45) is 3.60. The van der Waals surface area contributed by atoms with E-state index in [4.69, 9.17) is 10.7 Å². The molecule has 0 saturated heterocycles. The van der Waals surface area contributed by atoms with Crippen LogP contribution in [0, 0.1) is 26.7 Å². The first-order valence-corrected chi connectivity index (χ1v) is 11.3. The highest BCUT2D eigenvalue weighted by Crippen LogP contribution is 2.23. The van der Waals surface area contributed by atoms with E-state index < -0.39 is 0 Å². The van der Waals surface area contributed by atoms with Crippen LogP contribution in [0.4, 0.5) is 11.6 Å². The zero-order chi connectivity index (χ0) is 23.3. The zero-order valence-electron chi connectivity index (χ0n) is 19.9. The van der Waals surface area contributed by atoms with Gasteiger partial charge in [0, 0.05) is 19.3 Å². The number of rotatable bonds is 9. The quantitative estimate of drug-likeness (QED) is 0.466. The number of ketones is 1. The van der Waals surface area contributed by atoms with Gasteiger partial charge in [-0.25, -0.2) is 9.97 Å². The number of carbonyl (C=O) groups excluding carboxylic acids is 1. The molecule has 0 aliphatic rings. The lowest BCUT2D eigenvalue weighted by molar-refractivity contribution is 0.103. The second-order valence-electron chi connectivity index (χ2n) is 8.78. The van der Waals surface area contributed by atoms with E-state index in [1.807, 2.05) is 12.1 Å². The van der Waals surface area contributed by atoms with Gasteiger partial charge in [-0.15, -0.1) is 0 Å². The van der Waals surface area contributed by atoms with E-state index in [0.717, 1.165) is 31.7 Å². The van der Waals surface area contributed by atoms with Crippen molar-refractivity contribution in [1.29, 1.82) is 0 Å². The van der Waals surface area contributed by atoms with Crippen LogP contribution >= 0.6 is 0 Å². The van der Waals surface area contributed by atoms with Crippen molar-refractivity contribution < 1.29 is 4.79 Å². The fourth-order valence-corrected chi connectivity index (χ4v) is 4.36. The van der Waals surface area contributed by atoms with Gasteiger partial charge in [0.1, 0.15) is 17.3 Å². The first-order valence-electron chi connectivity index (χ1n) is 11.3. The van der Waals surface area contributed by atoms with E-state index in [9.17, 15) is 4.79 Å². The molecule has 1 aromatic carbocycles. The Kier molecular flexibility index (Phi) is 7.62. The molecule has 0 bridgehead atoms. The highest BCUT2D eigenvalue weighted by atomic mass is 16.1. The van der Waals surface area contributed by atoms with Crippen LogP contribution in [-0.4, -0.2) is 28.8 Å². The average molecular weight is 431 g/mol. The van der Waals surface area contributed by atoms with Gasteiger partial charge in [-0.1, -0.05) is 37.6 Å². The van der Waals surface area contributed by atoms with Crippen LogP contribution in [0.15, 0.2) is 48.7 Å². The summed E-state index contributed by atoms with van der Waals surface area (Å²) < 4.78 is 0. The maximum atomic E-state index is 13.0. The summed E-state index contributed by atoms with van der Waals surface area (Å²) in [7, 11) is 0. The molecule has 1 atom stereocenters. The van der Waals surface area contributed by atoms with Crippen molar-refractivity contribution in [2.75, 3.05) is 23.7 Å². The Labute approximate surface area is 191 Å². The van der Waals surface area contributed by atoms with E-state index in [-0.39, 0.29) is 11.6 Å². The summed E-state index contributed by atoms with van der Waals surface area (Å²) >= 11 is 0. The highest BCUT2D eigenvalue weighted by Gasteiger charge is 2.18. The van der Waals surface area contributed by atoms with Gasteiger partial charge in [-0.3, -0.25) is 4.79 Å². The Morgan fingerprint density at radius 2 is 1.81 bits per heavy atom. The topological polar surface area (TPSA) is 72.1 Å². The summed E-state index contributed by atoms with van der Waals surface area (Å²) in [5.41, 5.74) is 12.1. The molecule has 32 heavy (non-hydrogen) atoms. The van der Waals surface area contributed by atoms with Crippen molar-refractivity contribution in [2.24, 2.45) is 5.92 Å². The first-order chi connectivity index (χ1) is 15.3. The lowest BCUT2D eigenvalue weighted by Gasteiger charge is -2.27. The van der Waals surface area contributed by atoms with Crippen LogP contribution in [0.2, 0.25) is 0 Å². The predicted octanol–water partition coefficient (Wildman–Crippen LogP) is 5.31. The third-order valence-electron chi connectivity index (χ3n) is 5.79. The van der Waals surface area contributed by atoms with Crippen LogP contribution < -0.4 is 10.6 Å². The minimum absolute atomic E-state index is 0.201. The number of benzene rings is 1. The smallest absolute Gasteiger partial charge is 0.215 e. The maximum Gasteiger partial charge on any atom is 0.215 e. The second kappa shape index (κ2) is 10.4. The molecular formula is C27H34N4O. The van der Waals surface area contributed by atoms with Gasteiger partial charge in [0.05, 0.1) is 5.56 Å². The number of aromatic nitrogens is 2. The molecule has 1 unspecified atom stereocenters. The molecule has 0 radical (unpaired) electrons. The van der Waals surface area contributed by atoms with Crippen molar-refractivity contribution in [1.82, 2.24) is 9.97 Å². The number of hydrogen-bond acceptors (Lipinski definition) is 5. The lowest BCUT2D eigenvalue weighted by Crippen LogP contribution is -2.31. The third kappa shape index (κ3) is 5.52. The van der Waals surface area contributed by atoms with Crippen LogP contribution in [0.25, 0.3) is 0 Å². The van der Waals surface area contributed by atoms with E-state index in [0.29, 0.717) is 17.2 Å². The third-order valence-corrected chi connectivity index (χ3v) is 5.79. The molecule has 0 aliphatic heterocycles. The van der Waals surface area contributed by atoms with Gasteiger partial charge in [-0.05, 0) is 80.5 Å². The number of nitrogen functional groups attached to an aromatic ring is 1. The van der Waals surface area contributed by atoms with Crippen LogP contribution in [0.5, 0.6) is 0 Å². The number of carbonyl (C=O) groups is 1. The van der Waals surface area contributed by atoms with Crippen molar-refractivity contribution in [3.8, 4) is 0 Å². The van der Waals surface area contributed by atoms with Crippen molar-refractivity contribution in [2.45, 2.75) is 47.5 Å². The van der Waals surface area contributed by atoms with Crippen molar-refractivity contribution in [3.05, 3.63) is 82.2 Å². The Bertz CT molecular complexity index is 1070. The Morgan fingerprint density at radius 3 is 2.47 bits per heavy atom. The van der Waals surface area contributed by atoms with Crippen LogP contribution in [0.1, 0.15) is 58.6 Å². The summed E-state index contributed by atoms with van der Waals surface area (Å²) in [4.78, 5) is 24.0. The summed E-state index contributed by atoms with van der Waals surface area (Å²) in [6.45, 7) is 12.8. The van der Waals surface area contributed by atoms with Crippen LogP contribution in [-0.2, 0) is 6.42 Å². The minimum atomic E-state index is -0.201. The fraction of sp³-hybridized carbons (Fsp3) is 0.370. The number of nitrogens with zero attached hydrogens (tertiary/aromatic N) is 3. The molecule has 0 saturated carbocycles. The van der Waals surface area contributed by atoms with Gasteiger partial charge in [0.15, 0.2) is 0 Å². The van der Waals surface area contributed by atoms with Gasteiger partial charge in [0.2, 0.25) is 5.78 Å². The molecule has 0 spiro atoms. The first kappa shape index (κ1) is 23.5. The minimum Gasteiger partial charge on any atom is -0.383 e. The fourth-order valence-electron chi connectivity index (χ4n) is 4.36. The van der Waals surface area contributed by atoms with Crippen LogP contribution in [0.3, 0.4) is 0 Å². The van der Waals surface area contributed by atoms with E-state index in [2.05, 4.69) is 56.6 Å². The SMILES string of the molecule is CCCN(CC(C)Cc1c(C)cc(C)cc1C)c1cccc(C(=O)c2cccnc2N)n1. The molecule has 3 aromatic rings. The molecule has 5 heteroatoms. The lowest BCUT2D eigenvalue weighted by atomic mass is 9.92. The molecule has 0 aliphatic carbocycles. The Balaban J connectivity index is 1.81. The molecule has 5 nitrogen and oxygen atoms in total. The number of hydrogen-bond donors (Lipinski definition) is 1. The van der Waals surface area contributed by atoms with Gasteiger partial charge in [-0.2, -0.15) is 0 Å². The molecule has 0 amide bonds. The molecular weight excluding hydrogens is 396 g/mol. The average Bonchev–Trinajstić information content (AvgIpc) is 2.76. The molecule has 168 valence electrons. The largest absolute Gasteiger partial charge is 0.383 e. The molecule has 2 N–H and O–H groups in total. The number of anilines is 2. The summed E-state index contributed by atoms with van der Waals surface area (Å²) in [5, 5.41) is 0. The van der Waals surface area contributed by atoms with Crippen molar-refractivity contribution in [3.63, 3.8) is 0 Å². The number of nitrogens with two attached hydrogens (primary N) is 1. The normalized spacial score (nSPS) is 11.9. The molecule has 0 fully saturated rings. The monoisotopic (exact) mass is 430 g/mol.